The zero-order valence-corrected chi connectivity index (χ0v) is 26.0. The van der Waals surface area contributed by atoms with Crippen LogP contribution in [0.25, 0.3) is 0 Å². The standard InChI is InChI=1S/C30H49N5O6/c1-14(2)20(22(36)15(3)4)33-28(41)34-24(29(5,6)7)27(40)35-13-17-19(30(17,8)9)21(35)26(39)32-18(12-16-10-11-16)23(37)25(31)38/h14-21,24H,10-13H2,1-9H3,(H2,31,38)(H,32,39)(H2,33,34,41)/t17-,18?,19?,20-,21-,24+/m0/s1. The van der Waals surface area contributed by atoms with Crippen molar-refractivity contribution in [2.45, 2.75) is 106 Å². The minimum atomic E-state index is -1.10. The summed E-state index contributed by atoms with van der Waals surface area (Å²) in [5.74, 6) is -3.14. The van der Waals surface area contributed by atoms with Gasteiger partial charge in [-0.05, 0) is 40.9 Å². The molecule has 5 amide bonds. The first kappa shape index (κ1) is 32.5. The lowest BCUT2D eigenvalue weighted by atomic mass is 9.85. The maximum Gasteiger partial charge on any atom is 0.316 e. The number of urea groups is 1. The molecule has 1 aliphatic heterocycles. The SMILES string of the molecule is CC(C)C(=O)[C@@H](NC(=O)N[C@H](C(=O)N1C[C@H]2C([C@H]1C(=O)NC(CC1CC1)C(=O)C(N)=O)C2(C)C)C(C)(C)C)C(C)C. The van der Waals surface area contributed by atoms with Crippen LogP contribution in [0.3, 0.4) is 0 Å². The number of rotatable bonds is 12. The number of hydrogen-bond donors (Lipinski definition) is 4. The topological polar surface area (TPSA) is 168 Å². The smallest absolute Gasteiger partial charge is 0.316 e. The van der Waals surface area contributed by atoms with Crippen molar-refractivity contribution in [3.8, 4) is 0 Å². The number of nitrogens with two attached hydrogens (primary N) is 1. The Morgan fingerprint density at radius 3 is 2.00 bits per heavy atom. The van der Waals surface area contributed by atoms with Crippen molar-refractivity contribution in [1.82, 2.24) is 20.9 Å². The molecule has 0 bridgehead atoms. The zero-order chi connectivity index (χ0) is 31.2. The molecule has 0 aromatic heterocycles. The first-order valence-electron chi connectivity index (χ1n) is 14.8. The number of likely N-dealkylation sites (tertiary alicyclic amines) is 1. The van der Waals surface area contributed by atoms with E-state index in [1.54, 1.807) is 13.8 Å². The molecule has 1 saturated heterocycles. The first-order chi connectivity index (χ1) is 18.8. The molecular formula is C30H49N5O6. The Bertz CT molecular complexity index is 1090. The van der Waals surface area contributed by atoms with E-state index in [4.69, 9.17) is 5.73 Å². The third-order valence-electron chi connectivity index (χ3n) is 9.12. The predicted octanol–water partition coefficient (Wildman–Crippen LogP) is 1.77. The normalized spacial score (nSPS) is 25.1. The van der Waals surface area contributed by atoms with Crippen molar-refractivity contribution in [2.24, 2.45) is 46.2 Å². The van der Waals surface area contributed by atoms with Crippen LogP contribution in [-0.2, 0) is 24.0 Å². The van der Waals surface area contributed by atoms with Gasteiger partial charge in [0.15, 0.2) is 5.78 Å². The molecule has 41 heavy (non-hydrogen) atoms. The number of nitrogens with zero attached hydrogens (tertiary/aromatic N) is 1. The minimum Gasteiger partial charge on any atom is -0.363 e. The van der Waals surface area contributed by atoms with Crippen molar-refractivity contribution in [3.63, 3.8) is 0 Å². The molecule has 3 rings (SSSR count). The van der Waals surface area contributed by atoms with Crippen LogP contribution in [-0.4, -0.2) is 70.9 Å². The number of primary amides is 1. The van der Waals surface area contributed by atoms with Crippen molar-refractivity contribution in [2.75, 3.05) is 6.54 Å². The Balaban J connectivity index is 1.82. The summed E-state index contributed by atoms with van der Waals surface area (Å²) in [4.78, 5) is 79.4. The molecule has 0 spiro atoms. The van der Waals surface area contributed by atoms with Crippen LogP contribution in [0.1, 0.15) is 81.6 Å². The van der Waals surface area contributed by atoms with Gasteiger partial charge in [0.2, 0.25) is 17.6 Å². The van der Waals surface area contributed by atoms with Crippen LogP contribution in [0.5, 0.6) is 0 Å². The molecule has 2 unspecified atom stereocenters. The summed E-state index contributed by atoms with van der Waals surface area (Å²) in [6, 6.07) is -4.22. The Morgan fingerprint density at radius 1 is 0.951 bits per heavy atom. The van der Waals surface area contributed by atoms with Gasteiger partial charge < -0.3 is 26.6 Å². The second-order valence-corrected chi connectivity index (χ2v) is 14.6. The number of amides is 5. The molecule has 2 aliphatic carbocycles. The Labute approximate surface area is 243 Å². The van der Waals surface area contributed by atoms with Crippen LogP contribution in [0, 0.1) is 40.4 Å². The highest BCUT2D eigenvalue weighted by molar-refractivity contribution is 6.37. The van der Waals surface area contributed by atoms with Gasteiger partial charge in [-0.2, -0.15) is 0 Å². The number of piperidine rings is 1. The highest BCUT2D eigenvalue weighted by Crippen LogP contribution is 2.65. The van der Waals surface area contributed by atoms with E-state index >= 15 is 0 Å². The molecule has 6 atom stereocenters. The summed E-state index contributed by atoms with van der Waals surface area (Å²) in [6.45, 7) is 17.1. The van der Waals surface area contributed by atoms with Crippen molar-refractivity contribution in [3.05, 3.63) is 0 Å². The van der Waals surface area contributed by atoms with Crippen LogP contribution >= 0.6 is 0 Å². The molecule has 5 N–H and O–H groups in total. The fourth-order valence-electron chi connectivity index (χ4n) is 6.21. The number of carbonyl (C=O) groups excluding carboxylic acids is 6. The fourth-order valence-corrected chi connectivity index (χ4v) is 6.21. The Hall–Kier alpha value is -2.98. The monoisotopic (exact) mass is 575 g/mol. The summed E-state index contributed by atoms with van der Waals surface area (Å²) >= 11 is 0. The average molecular weight is 576 g/mol. The maximum atomic E-state index is 14.1. The van der Waals surface area contributed by atoms with E-state index in [1.807, 2.05) is 48.5 Å². The van der Waals surface area contributed by atoms with Gasteiger partial charge in [-0.1, -0.05) is 75.2 Å². The van der Waals surface area contributed by atoms with Gasteiger partial charge in [-0.3, -0.25) is 24.0 Å². The van der Waals surface area contributed by atoms with Gasteiger partial charge in [-0.15, -0.1) is 0 Å². The van der Waals surface area contributed by atoms with E-state index in [1.165, 1.54) is 4.90 Å². The third-order valence-corrected chi connectivity index (χ3v) is 9.12. The number of Topliss-reactive ketones (excluding diaryl/α,β-unsaturated/α-hetero) is 2. The van der Waals surface area contributed by atoms with Crippen molar-refractivity contribution < 1.29 is 28.8 Å². The van der Waals surface area contributed by atoms with Gasteiger partial charge in [-0.25, -0.2) is 4.79 Å². The molecule has 1 heterocycles. The lowest BCUT2D eigenvalue weighted by Gasteiger charge is -2.38. The van der Waals surface area contributed by atoms with Crippen molar-refractivity contribution >= 4 is 35.3 Å². The summed E-state index contributed by atoms with van der Waals surface area (Å²) in [7, 11) is 0. The van der Waals surface area contributed by atoms with E-state index in [-0.39, 0.29) is 40.8 Å². The highest BCUT2D eigenvalue weighted by Gasteiger charge is 2.70. The summed E-state index contributed by atoms with van der Waals surface area (Å²) < 4.78 is 0. The van der Waals surface area contributed by atoms with E-state index < -0.39 is 59.1 Å². The molecule has 3 fully saturated rings. The second kappa shape index (κ2) is 11.7. The molecule has 3 aliphatic rings. The zero-order valence-electron chi connectivity index (χ0n) is 26.0. The van der Waals surface area contributed by atoms with Gasteiger partial charge >= 0.3 is 6.03 Å². The quantitative estimate of drug-likeness (QED) is 0.259. The molecular weight excluding hydrogens is 526 g/mol. The van der Waals surface area contributed by atoms with E-state index in [0.717, 1.165) is 12.8 Å². The highest BCUT2D eigenvalue weighted by atomic mass is 16.2. The fraction of sp³-hybridized carbons (Fsp3) is 0.800. The lowest BCUT2D eigenvalue weighted by molar-refractivity contribution is -0.145. The van der Waals surface area contributed by atoms with Crippen LogP contribution in [0.15, 0.2) is 0 Å². The molecule has 0 radical (unpaired) electrons. The molecule has 0 aromatic rings. The van der Waals surface area contributed by atoms with Gasteiger partial charge in [0, 0.05) is 12.5 Å². The van der Waals surface area contributed by atoms with Crippen LogP contribution in [0.2, 0.25) is 0 Å². The lowest BCUT2D eigenvalue weighted by Crippen LogP contribution is -2.62. The number of carbonyl (C=O) groups is 6. The van der Waals surface area contributed by atoms with Crippen LogP contribution < -0.4 is 21.7 Å². The summed E-state index contributed by atoms with van der Waals surface area (Å²) in [6.07, 6.45) is 2.18. The van der Waals surface area contributed by atoms with Gasteiger partial charge in [0.05, 0.1) is 12.1 Å². The molecule has 230 valence electrons. The second-order valence-electron chi connectivity index (χ2n) is 14.6. The van der Waals surface area contributed by atoms with E-state index in [0.29, 0.717) is 13.0 Å². The molecule has 0 aromatic carbocycles. The largest absolute Gasteiger partial charge is 0.363 e. The summed E-state index contributed by atoms with van der Waals surface area (Å²) in [5, 5.41) is 8.29. The Kier molecular flexibility index (Phi) is 9.30. The number of ketones is 2. The van der Waals surface area contributed by atoms with E-state index in [9.17, 15) is 28.8 Å². The molecule has 11 nitrogen and oxygen atoms in total. The first-order valence-corrected chi connectivity index (χ1v) is 14.8. The third kappa shape index (κ3) is 7.09. The average Bonchev–Trinajstić information content (AvgIpc) is 3.70. The van der Waals surface area contributed by atoms with Gasteiger partial charge in [0.25, 0.3) is 5.91 Å². The number of hydrogen-bond acceptors (Lipinski definition) is 6. The molecule has 2 saturated carbocycles. The molecule has 11 heteroatoms. The number of nitrogens with one attached hydrogen (secondary N) is 3. The minimum absolute atomic E-state index is 0.0827. The number of fused-ring (bicyclic) bond motifs is 1. The van der Waals surface area contributed by atoms with Crippen LogP contribution in [0.4, 0.5) is 4.79 Å². The maximum absolute atomic E-state index is 14.1. The van der Waals surface area contributed by atoms with Gasteiger partial charge in [0.1, 0.15) is 12.1 Å². The van der Waals surface area contributed by atoms with Crippen molar-refractivity contribution in [1.29, 1.82) is 0 Å². The predicted molar refractivity (Wildman–Crippen MR) is 153 cm³/mol. The summed E-state index contributed by atoms with van der Waals surface area (Å²) in [5.41, 5.74) is 4.37. The Morgan fingerprint density at radius 2 is 1.54 bits per heavy atom. The van der Waals surface area contributed by atoms with E-state index in [2.05, 4.69) is 16.0 Å².